The van der Waals surface area contributed by atoms with Gasteiger partial charge in [0.25, 0.3) is 0 Å². The summed E-state index contributed by atoms with van der Waals surface area (Å²) in [4.78, 5) is 4.47. The van der Waals surface area contributed by atoms with E-state index in [1.165, 1.54) is 12.8 Å². The van der Waals surface area contributed by atoms with Crippen LogP contribution < -0.4 is 10.5 Å². The van der Waals surface area contributed by atoms with Gasteiger partial charge in [-0.05, 0) is 24.5 Å². The average molecular weight is 255 g/mol. The van der Waals surface area contributed by atoms with Gasteiger partial charge in [-0.25, -0.2) is 4.98 Å². The molecule has 1 fully saturated rings. The SMILES string of the molecule is N=C(N)c1cc2ccccc2nc1OCCC1CC1. The maximum atomic E-state index is 7.64. The van der Waals surface area contributed by atoms with Crippen LogP contribution in [-0.4, -0.2) is 17.4 Å². The van der Waals surface area contributed by atoms with Gasteiger partial charge in [0.05, 0.1) is 17.7 Å². The highest BCUT2D eigenvalue weighted by molar-refractivity contribution is 6.00. The number of amidine groups is 1. The summed E-state index contributed by atoms with van der Waals surface area (Å²) in [6.07, 6.45) is 3.69. The van der Waals surface area contributed by atoms with E-state index < -0.39 is 0 Å². The quantitative estimate of drug-likeness (QED) is 0.637. The summed E-state index contributed by atoms with van der Waals surface area (Å²) in [5, 5.41) is 8.62. The lowest BCUT2D eigenvalue weighted by molar-refractivity contribution is 0.292. The third kappa shape index (κ3) is 2.67. The molecule has 1 aliphatic carbocycles. The van der Waals surface area contributed by atoms with Gasteiger partial charge in [0.2, 0.25) is 5.88 Å². The van der Waals surface area contributed by atoms with Crippen molar-refractivity contribution in [3.05, 3.63) is 35.9 Å². The van der Waals surface area contributed by atoms with Gasteiger partial charge in [-0.3, -0.25) is 5.41 Å². The minimum Gasteiger partial charge on any atom is -0.477 e. The molecule has 0 atom stereocenters. The normalized spacial score (nSPS) is 14.5. The van der Waals surface area contributed by atoms with Crippen LogP contribution in [-0.2, 0) is 0 Å². The second-order valence-electron chi connectivity index (χ2n) is 5.03. The molecule has 0 unspecified atom stereocenters. The Hall–Kier alpha value is -2.10. The molecule has 0 spiro atoms. The molecule has 0 radical (unpaired) electrons. The number of hydrogen-bond acceptors (Lipinski definition) is 3. The van der Waals surface area contributed by atoms with Crippen LogP contribution in [0.1, 0.15) is 24.8 Å². The predicted molar refractivity (Wildman–Crippen MR) is 75.6 cm³/mol. The summed E-state index contributed by atoms with van der Waals surface area (Å²) in [5.74, 6) is 1.30. The smallest absolute Gasteiger partial charge is 0.225 e. The summed E-state index contributed by atoms with van der Waals surface area (Å²) in [5.41, 5.74) is 7.06. The Morgan fingerprint density at radius 2 is 2.16 bits per heavy atom. The molecular formula is C15H17N3O. The highest BCUT2D eigenvalue weighted by Gasteiger charge is 2.21. The molecule has 1 aromatic heterocycles. The zero-order valence-electron chi connectivity index (χ0n) is 10.7. The molecule has 4 heteroatoms. The van der Waals surface area contributed by atoms with E-state index in [4.69, 9.17) is 15.9 Å². The van der Waals surface area contributed by atoms with Gasteiger partial charge in [-0.1, -0.05) is 31.0 Å². The third-order valence-corrected chi connectivity index (χ3v) is 3.44. The van der Waals surface area contributed by atoms with E-state index in [9.17, 15) is 0 Å². The lowest BCUT2D eigenvalue weighted by Gasteiger charge is -2.10. The number of nitrogens with two attached hydrogens (primary N) is 1. The summed E-state index contributed by atoms with van der Waals surface area (Å²) in [6.45, 7) is 0.649. The molecule has 1 aliphatic rings. The molecule has 19 heavy (non-hydrogen) atoms. The first-order valence-electron chi connectivity index (χ1n) is 6.61. The number of para-hydroxylation sites is 1. The second-order valence-corrected chi connectivity index (χ2v) is 5.03. The van der Waals surface area contributed by atoms with Gasteiger partial charge in [0.1, 0.15) is 5.84 Å². The fraction of sp³-hybridized carbons (Fsp3) is 0.333. The zero-order valence-corrected chi connectivity index (χ0v) is 10.7. The number of rotatable bonds is 5. The van der Waals surface area contributed by atoms with Crippen LogP contribution in [0.15, 0.2) is 30.3 Å². The average Bonchev–Trinajstić information content (AvgIpc) is 3.22. The monoisotopic (exact) mass is 255 g/mol. The number of ether oxygens (including phenoxy) is 1. The first-order chi connectivity index (χ1) is 9.24. The molecule has 0 aliphatic heterocycles. The molecule has 1 aromatic carbocycles. The van der Waals surface area contributed by atoms with Gasteiger partial charge in [-0.2, -0.15) is 0 Å². The maximum absolute atomic E-state index is 7.64. The molecule has 0 saturated heterocycles. The van der Waals surface area contributed by atoms with Crippen LogP contribution in [0, 0.1) is 11.3 Å². The Kier molecular flexibility index (Phi) is 3.07. The molecule has 4 nitrogen and oxygen atoms in total. The van der Waals surface area contributed by atoms with E-state index in [-0.39, 0.29) is 5.84 Å². The molecule has 98 valence electrons. The van der Waals surface area contributed by atoms with Crippen molar-refractivity contribution in [1.82, 2.24) is 4.98 Å². The summed E-state index contributed by atoms with van der Waals surface area (Å²) >= 11 is 0. The zero-order chi connectivity index (χ0) is 13.2. The lowest BCUT2D eigenvalue weighted by atomic mass is 10.1. The van der Waals surface area contributed by atoms with E-state index in [1.807, 2.05) is 30.3 Å². The number of nitrogens with one attached hydrogen (secondary N) is 1. The number of hydrogen-bond donors (Lipinski definition) is 2. The van der Waals surface area contributed by atoms with Gasteiger partial charge < -0.3 is 10.5 Å². The number of fused-ring (bicyclic) bond motifs is 1. The summed E-state index contributed by atoms with van der Waals surface area (Å²) in [7, 11) is 0. The first-order valence-corrected chi connectivity index (χ1v) is 6.61. The molecule has 2 aromatic rings. The van der Waals surface area contributed by atoms with Crippen molar-refractivity contribution in [2.75, 3.05) is 6.61 Å². The molecule has 1 heterocycles. The Labute approximate surface area is 112 Å². The minimum absolute atomic E-state index is 0.000301. The van der Waals surface area contributed by atoms with E-state index in [2.05, 4.69) is 4.98 Å². The van der Waals surface area contributed by atoms with Crippen molar-refractivity contribution in [3.8, 4) is 5.88 Å². The van der Waals surface area contributed by atoms with Crippen molar-refractivity contribution in [2.45, 2.75) is 19.3 Å². The molecule has 0 amide bonds. The van der Waals surface area contributed by atoms with E-state index >= 15 is 0 Å². The van der Waals surface area contributed by atoms with Crippen molar-refractivity contribution < 1.29 is 4.74 Å². The van der Waals surface area contributed by atoms with Gasteiger partial charge in [-0.15, -0.1) is 0 Å². The first kappa shape index (κ1) is 12.0. The van der Waals surface area contributed by atoms with Crippen LogP contribution in [0.3, 0.4) is 0 Å². The number of pyridine rings is 1. The van der Waals surface area contributed by atoms with Crippen LogP contribution in [0.2, 0.25) is 0 Å². The van der Waals surface area contributed by atoms with Crippen LogP contribution >= 0.6 is 0 Å². The van der Waals surface area contributed by atoms with Gasteiger partial charge in [0.15, 0.2) is 0 Å². The fourth-order valence-corrected chi connectivity index (χ4v) is 2.13. The van der Waals surface area contributed by atoms with E-state index in [1.54, 1.807) is 0 Å². The van der Waals surface area contributed by atoms with E-state index in [0.29, 0.717) is 18.1 Å². The molecular weight excluding hydrogens is 238 g/mol. The van der Waals surface area contributed by atoms with Crippen molar-refractivity contribution in [2.24, 2.45) is 11.7 Å². The summed E-state index contributed by atoms with van der Waals surface area (Å²) in [6, 6.07) is 9.66. The van der Waals surface area contributed by atoms with Crippen LogP contribution in [0.5, 0.6) is 5.88 Å². The largest absolute Gasteiger partial charge is 0.477 e. The Morgan fingerprint density at radius 3 is 2.89 bits per heavy atom. The molecule has 1 saturated carbocycles. The fourth-order valence-electron chi connectivity index (χ4n) is 2.13. The van der Waals surface area contributed by atoms with Crippen LogP contribution in [0.4, 0.5) is 0 Å². The number of nitrogen functional groups attached to an aromatic ring is 1. The molecule has 3 N–H and O–H groups in total. The number of benzene rings is 1. The topological polar surface area (TPSA) is 72.0 Å². The maximum Gasteiger partial charge on any atom is 0.225 e. The van der Waals surface area contributed by atoms with Crippen molar-refractivity contribution >= 4 is 16.7 Å². The highest BCUT2D eigenvalue weighted by Crippen LogP contribution is 2.32. The van der Waals surface area contributed by atoms with Crippen molar-refractivity contribution in [3.63, 3.8) is 0 Å². The summed E-state index contributed by atoms with van der Waals surface area (Å²) < 4.78 is 5.73. The second kappa shape index (κ2) is 4.88. The number of nitrogens with zero attached hydrogens (tertiary/aromatic N) is 1. The Bertz CT molecular complexity index is 620. The lowest BCUT2D eigenvalue weighted by Crippen LogP contribution is -2.14. The van der Waals surface area contributed by atoms with Crippen LogP contribution in [0.25, 0.3) is 10.9 Å². The standard InChI is InChI=1S/C15H17N3O/c16-14(17)12-9-11-3-1-2-4-13(11)18-15(12)19-8-7-10-5-6-10/h1-4,9-10H,5-8H2,(H3,16,17). The van der Waals surface area contributed by atoms with Gasteiger partial charge >= 0.3 is 0 Å². The third-order valence-electron chi connectivity index (χ3n) is 3.44. The highest BCUT2D eigenvalue weighted by atomic mass is 16.5. The van der Waals surface area contributed by atoms with Crippen molar-refractivity contribution in [1.29, 1.82) is 5.41 Å². The minimum atomic E-state index is -0.000301. The van der Waals surface area contributed by atoms with E-state index in [0.717, 1.165) is 23.2 Å². The van der Waals surface area contributed by atoms with Gasteiger partial charge in [0, 0.05) is 5.39 Å². The predicted octanol–water partition coefficient (Wildman–Crippen LogP) is 2.70. The molecule has 3 rings (SSSR count). The molecule has 0 bridgehead atoms. The number of aromatic nitrogens is 1. The Morgan fingerprint density at radius 1 is 1.37 bits per heavy atom. The Balaban J connectivity index is 1.89.